The Bertz CT molecular complexity index is 2700. The number of hydrogen-bond donors (Lipinski definition) is 4. The molecule has 0 atom stereocenters. The third kappa shape index (κ3) is 8.42. The van der Waals surface area contributed by atoms with Gasteiger partial charge in [0.15, 0.2) is 29.0 Å². The summed E-state index contributed by atoms with van der Waals surface area (Å²) in [7, 11) is 0. The fourth-order valence-electron chi connectivity index (χ4n) is 7.06. The third-order valence-electron chi connectivity index (χ3n) is 9.88. The van der Waals surface area contributed by atoms with Crippen LogP contribution in [-0.2, 0) is 38.8 Å². The summed E-state index contributed by atoms with van der Waals surface area (Å²) in [5.41, 5.74) is 8.71. The van der Waals surface area contributed by atoms with Gasteiger partial charge >= 0.3 is 5.97 Å². The molecular weight excluding hydrogens is 763 g/mol. The van der Waals surface area contributed by atoms with E-state index in [0.29, 0.717) is 81.2 Å². The van der Waals surface area contributed by atoms with Crippen molar-refractivity contribution in [1.29, 1.82) is 0 Å². The number of ketones is 1. The maximum absolute atomic E-state index is 12.8. The Morgan fingerprint density at radius 2 is 1.27 bits per heavy atom. The summed E-state index contributed by atoms with van der Waals surface area (Å²) in [6.45, 7) is 6.71. The Labute approximate surface area is 335 Å². The monoisotopic (exact) mass is 803 g/mol. The molecule has 0 saturated heterocycles. The summed E-state index contributed by atoms with van der Waals surface area (Å²) in [6.07, 6.45) is 13.7. The van der Waals surface area contributed by atoms with Crippen LogP contribution in [-0.4, -0.2) is 86.7 Å². The number of rotatable bonds is 10. The molecule has 0 bridgehead atoms. The standard InChI is InChI=1S/C20H20N6O3.C13H11N5O3.C6H10N2O/c1-12-9-22-17(28-12)4-2-3-15(27)18-14-10-26(8-6-16(14)29-25-18)20-13-5-7-21-19(13)23-11-24-20;19-13(20)10-8-5-18(4-2-9(8)21-17-10)12-7-1-3-14-11(7)15-6-16-12;1-5-4-8-6(9-5)2-3-7/h5,7,9,11H,2-4,6,8,10H2,1H3,(H,21,23,24);1,3,6H,2,4-5H2,(H,19,20)(H,14,15,16);4H,2-3,7H2,1H3. The van der Waals surface area contributed by atoms with Crippen molar-refractivity contribution in [2.75, 3.05) is 29.4 Å². The predicted molar refractivity (Wildman–Crippen MR) is 210 cm³/mol. The van der Waals surface area contributed by atoms with Gasteiger partial charge in [-0.2, -0.15) is 0 Å². The van der Waals surface area contributed by atoms with Gasteiger partial charge in [-0.15, -0.1) is 0 Å². The lowest BCUT2D eigenvalue weighted by molar-refractivity contribution is 0.0684. The van der Waals surface area contributed by atoms with Crippen molar-refractivity contribution in [2.45, 2.75) is 65.5 Å². The van der Waals surface area contributed by atoms with Crippen LogP contribution in [0.15, 0.2) is 67.5 Å². The molecule has 0 radical (unpaired) electrons. The van der Waals surface area contributed by atoms with Crippen molar-refractivity contribution in [2.24, 2.45) is 5.73 Å². The normalized spacial score (nSPS) is 13.4. The highest BCUT2D eigenvalue weighted by Gasteiger charge is 2.30. The van der Waals surface area contributed by atoms with Crippen molar-refractivity contribution in [3.8, 4) is 0 Å². The summed E-state index contributed by atoms with van der Waals surface area (Å²) < 4.78 is 21.2. The van der Waals surface area contributed by atoms with Gasteiger partial charge in [-0.1, -0.05) is 10.3 Å². The number of aromatic amines is 2. The lowest BCUT2D eigenvalue weighted by atomic mass is 10.0. The van der Waals surface area contributed by atoms with Gasteiger partial charge in [0.25, 0.3) is 0 Å². The second-order valence-corrected chi connectivity index (χ2v) is 13.9. The fourth-order valence-corrected chi connectivity index (χ4v) is 7.06. The quantitative estimate of drug-likeness (QED) is 0.136. The van der Waals surface area contributed by atoms with Crippen LogP contribution in [0.2, 0.25) is 0 Å². The van der Waals surface area contributed by atoms with Crippen LogP contribution in [0.3, 0.4) is 0 Å². The van der Waals surface area contributed by atoms with Crippen molar-refractivity contribution in [3.63, 3.8) is 0 Å². The molecule has 0 aliphatic carbocycles. The number of aromatic carboxylic acids is 1. The number of fused-ring (bicyclic) bond motifs is 4. The van der Waals surface area contributed by atoms with Gasteiger partial charge in [-0.05, 0) is 32.4 Å². The molecule has 59 heavy (non-hydrogen) atoms. The van der Waals surface area contributed by atoms with E-state index in [1.165, 1.54) is 6.33 Å². The summed E-state index contributed by atoms with van der Waals surface area (Å²) in [4.78, 5) is 59.6. The number of nitrogens with two attached hydrogens (primary N) is 1. The van der Waals surface area contributed by atoms with Gasteiger partial charge in [-0.25, -0.2) is 34.7 Å². The number of carbonyl (C=O) groups is 2. The van der Waals surface area contributed by atoms with Gasteiger partial charge in [0, 0.05) is 75.3 Å². The maximum Gasteiger partial charge on any atom is 0.358 e. The molecule has 0 amide bonds. The number of aryl methyl sites for hydroxylation is 3. The lowest BCUT2D eigenvalue weighted by Gasteiger charge is -2.27. The highest BCUT2D eigenvalue weighted by Crippen LogP contribution is 2.31. The van der Waals surface area contributed by atoms with Crippen LogP contribution in [0.1, 0.15) is 79.8 Å². The number of carbonyl (C=O) groups excluding carboxylic acids is 1. The Kier molecular flexibility index (Phi) is 11.2. The number of Topliss-reactive ketones (excluding diaryl/α,β-unsaturated/α-hetero) is 1. The molecule has 0 spiro atoms. The van der Waals surface area contributed by atoms with E-state index in [2.05, 4.69) is 55.1 Å². The van der Waals surface area contributed by atoms with E-state index in [0.717, 1.165) is 75.4 Å². The molecule has 20 nitrogen and oxygen atoms in total. The Balaban J connectivity index is 0.000000140. The highest BCUT2D eigenvalue weighted by molar-refractivity contribution is 5.96. The van der Waals surface area contributed by atoms with E-state index in [1.54, 1.807) is 24.9 Å². The van der Waals surface area contributed by atoms with Crippen LogP contribution in [0.5, 0.6) is 0 Å². The Morgan fingerprint density at radius 3 is 1.78 bits per heavy atom. The largest absolute Gasteiger partial charge is 0.476 e. The van der Waals surface area contributed by atoms with Gasteiger partial charge in [-0.3, -0.25) is 4.79 Å². The first kappa shape index (κ1) is 38.6. The second-order valence-electron chi connectivity index (χ2n) is 13.9. The average Bonchev–Trinajstić information content (AvgIpc) is 4.10. The second kappa shape index (κ2) is 17.1. The Hall–Kier alpha value is -7.22. The third-order valence-corrected chi connectivity index (χ3v) is 9.88. The Morgan fingerprint density at radius 1 is 0.746 bits per heavy atom. The number of oxazole rings is 2. The van der Waals surface area contributed by atoms with Crippen LogP contribution >= 0.6 is 0 Å². The van der Waals surface area contributed by atoms with E-state index < -0.39 is 5.97 Å². The molecule has 0 aromatic carbocycles. The van der Waals surface area contributed by atoms with Crippen molar-refractivity contribution in [3.05, 3.63) is 107 Å². The first-order valence-electron chi connectivity index (χ1n) is 19.1. The van der Waals surface area contributed by atoms with E-state index in [1.807, 2.05) is 37.1 Å². The smallest absolute Gasteiger partial charge is 0.358 e. The van der Waals surface area contributed by atoms with Crippen molar-refractivity contribution in [1.82, 2.24) is 50.2 Å². The summed E-state index contributed by atoms with van der Waals surface area (Å²) in [6, 6.07) is 3.87. The SMILES string of the molecule is Cc1cnc(CCCC(=O)c2noc3c2CN(c2ncnc4[nH]ccc24)CC3)o1.Cc1cnc(CCN)o1.O=C(O)c1noc2c1CN(c1ncnc3[nH]ccc13)CC2. The number of H-pyrrole nitrogens is 2. The zero-order valence-electron chi connectivity index (χ0n) is 32.3. The highest BCUT2D eigenvalue weighted by atomic mass is 16.5. The number of carboxylic acid groups (broad SMARTS) is 1. The molecule has 0 fully saturated rings. The molecule has 8 aromatic rings. The number of anilines is 2. The number of carboxylic acids is 1. The predicted octanol–water partition coefficient (Wildman–Crippen LogP) is 4.70. The minimum absolute atomic E-state index is 0.0189. The van der Waals surface area contributed by atoms with Crippen molar-refractivity contribution < 1.29 is 32.6 Å². The molecule has 8 aromatic heterocycles. The van der Waals surface area contributed by atoms with Crippen LogP contribution in [0.25, 0.3) is 22.1 Å². The van der Waals surface area contributed by atoms with Gasteiger partial charge in [0.1, 0.15) is 58.6 Å². The molecule has 10 rings (SSSR count). The van der Waals surface area contributed by atoms with Gasteiger partial charge in [0.05, 0.1) is 36.3 Å². The fraction of sp³-hybridized carbons (Fsp3) is 0.333. The molecule has 0 saturated carbocycles. The molecule has 10 heterocycles. The topological polar surface area (TPSA) is 274 Å². The molecule has 5 N–H and O–H groups in total. The van der Waals surface area contributed by atoms with Crippen LogP contribution < -0.4 is 15.5 Å². The number of aromatic nitrogens is 10. The minimum atomic E-state index is -1.07. The number of nitrogens with zero attached hydrogens (tertiary/aromatic N) is 10. The van der Waals surface area contributed by atoms with E-state index >= 15 is 0 Å². The van der Waals surface area contributed by atoms with Crippen LogP contribution in [0.4, 0.5) is 11.6 Å². The molecule has 0 unspecified atom stereocenters. The molecule has 2 aliphatic heterocycles. The minimum Gasteiger partial charge on any atom is -0.476 e. The number of nitrogens with one attached hydrogen (secondary N) is 2. The first-order chi connectivity index (χ1) is 28.7. The van der Waals surface area contributed by atoms with Gasteiger partial charge in [0.2, 0.25) is 0 Å². The first-order valence-corrected chi connectivity index (χ1v) is 19.1. The zero-order valence-corrected chi connectivity index (χ0v) is 32.3. The maximum atomic E-state index is 12.8. The molecule has 2 aliphatic rings. The number of hydrogen-bond acceptors (Lipinski definition) is 17. The van der Waals surface area contributed by atoms with E-state index in [4.69, 9.17) is 28.7 Å². The van der Waals surface area contributed by atoms with E-state index in [9.17, 15) is 9.59 Å². The molecule has 304 valence electrons. The van der Waals surface area contributed by atoms with Crippen molar-refractivity contribution >= 4 is 45.5 Å². The summed E-state index contributed by atoms with van der Waals surface area (Å²) in [5.74, 6) is 4.97. The van der Waals surface area contributed by atoms with Gasteiger partial charge < -0.3 is 48.5 Å². The summed E-state index contributed by atoms with van der Waals surface area (Å²) in [5, 5.41) is 18.7. The zero-order chi connectivity index (χ0) is 40.9. The average molecular weight is 804 g/mol. The van der Waals surface area contributed by atoms with Crippen LogP contribution in [0, 0.1) is 13.8 Å². The van der Waals surface area contributed by atoms with E-state index in [-0.39, 0.29) is 11.5 Å². The summed E-state index contributed by atoms with van der Waals surface area (Å²) >= 11 is 0. The molecule has 20 heteroatoms. The molecular formula is C39H41N13O7. The lowest BCUT2D eigenvalue weighted by Crippen LogP contribution is -2.31.